The van der Waals surface area contributed by atoms with E-state index in [1.54, 1.807) is 0 Å². The first-order valence-electron chi connectivity index (χ1n) is 18.9. The molecule has 0 amide bonds. The number of hydrogen-bond donors (Lipinski definition) is 2. The molecule has 1 saturated heterocycles. The van der Waals surface area contributed by atoms with Gasteiger partial charge in [-0.15, -0.1) is 0 Å². The molecule has 284 valence electrons. The van der Waals surface area contributed by atoms with Crippen molar-refractivity contribution in [1.29, 1.82) is 0 Å². The fourth-order valence-electron chi connectivity index (χ4n) is 8.00. The van der Waals surface area contributed by atoms with Crippen molar-refractivity contribution >= 4 is 98.5 Å². The molecule has 0 atom stereocenters. The molecule has 10 rings (SSSR count). The second-order valence-corrected chi connectivity index (χ2v) is 16.0. The summed E-state index contributed by atoms with van der Waals surface area (Å²) >= 11 is 25.8. The Morgan fingerprint density at radius 3 is 1.21 bits per heavy atom. The molecule has 3 aromatic heterocycles. The molecule has 0 saturated carbocycles. The van der Waals surface area contributed by atoms with Crippen LogP contribution in [0.3, 0.4) is 0 Å². The van der Waals surface area contributed by atoms with Crippen LogP contribution >= 0.6 is 46.4 Å². The molecule has 4 aromatic carbocycles. The Morgan fingerprint density at radius 2 is 0.793 bits per heavy atom. The number of fused-ring (bicyclic) bond motifs is 8. The maximum absolute atomic E-state index is 6.50. The van der Waals surface area contributed by atoms with Gasteiger partial charge in [-0.3, -0.25) is 0 Å². The number of halogens is 4. The maximum atomic E-state index is 6.50. The van der Waals surface area contributed by atoms with Gasteiger partial charge in [-0.1, -0.05) is 94.9 Å². The van der Waals surface area contributed by atoms with Crippen LogP contribution < -0.4 is 4.90 Å². The predicted molar refractivity (Wildman–Crippen MR) is 244 cm³/mol. The Morgan fingerprint density at radius 1 is 0.431 bits per heavy atom. The first-order valence-corrected chi connectivity index (χ1v) is 20.4. The molecule has 0 spiro atoms. The lowest BCUT2D eigenvalue weighted by Gasteiger charge is -2.28. The van der Waals surface area contributed by atoms with Crippen LogP contribution in [-0.2, 0) is 4.74 Å². The van der Waals surface area contributed by atoms with Crippen LogP contribution in [0.4, 0.5) is 5.69 Å². The zero-order valence-electron chi connectivity index (χ0n) is 30.9. The minimum Gasteiger partial charge on any atom is -0.378 e. The molecule has 2 N–H and O–H groups in total. The van der Waals surface area contributed by atoms with Gasteiger partial charge >= 0.3 is 0 Å². The molecule has 0 unspecified atom stereocenters. The first kappa shape index (κ1) is 36.7. The topological polar surface area (TPSA) is 69.8 Å². The molecular formula is C48H33Cl4N5O. The van der Waals surface area contributed by atoms with Crippen molar-refractivity contribution in [2.75, 3.05) is 31.2 Å². The van der Waals surface area contributed by atoms with Crippen LogP contribution in [0.1, 0.15) is 22.8 Å². The molecular weight excluding hydrogens is 804 g/mol. The number of ether oxygens (including phenoxy) is 1. The van der Waals surface area contributed by atoms with E-state index in [1.165, 1.54) is 0 Å². The van der Waals surface area contributed by atoms with Crippen molar-refractivity contribution in [2.24, 2.45) is 0 Å². The average Bonchev–Trinajstić information content (AvgIpc) is 4.08. The van der Waals surface area contributed by atoms with Crippen LogP contribution in [0.25, 0.3) is 90.9 Å². The Balaban J connectivity index is 1.42. The lowest BCUT2D eigenvalue weighted by atomic mass is 10.0. The van der Waals surface area contributed by atoms with Gasteiger partial charge < -0.3 is 19.6 Å². The van der Waals surface area contributed by atoms with E-state index in [0.29, 0.717) is 33.3 Å². The van der Waals surface area contributed by atoms with Crippen molar-refractivity contribution in [3.63, 3.8) is 0 Å². The summed E-state index contributed by atoms with van der Waals surface area (Å²) in [5.74, 6) is 0. The zero-order valence-corrected chi connectivity index (χ0v) is 33.9. The number of aromatic amines is 2. The van der Waals surface area contributed by atoms with Crippen LogP contribution in [0, 0.1) is 0 Å². The maximum Gasteiger partial charge on any atom is 0.0738 e. The number of hydrogen-bond acceptors (Lipinski definition) is 4. The van der Waals surface area contributed by atoms with Crippen LogP contribution in [0.2, 0.25) is 20.1 Å². The average molecular weight is 838 g/mol. The van der Waals surface area contributed by atoms with Crippen molar-refractivity contribution in [3.8, 4) is 44.5 Å². The van der Waals surface area contributed by atoms with E-state index in [-0.39, 0.29) is 0 Å². The fraction of sp³-hybridized carbons (Fsp3) is 0.0833. The van der Waals surface area contributed by atoms with Crippen molar-refractivity contribution < 1.29 is 4.74 Å². The summed E-state index contributed by atoms with van der Waals surface area (Å²) in [7, 11) is 0. The van der Waals surface area contributed by atoms with Crippen molar-refractivity contribution in [3.05, 3.63) is 158 Å². The third kappa shape index (κ3) is 6.91. The summed E-state index contributed by atoms with van der Waals surface area (Å²) in [5.41, 5.74) is 15.5. The number of aromatic nitrogens is 4. The van der Waals surface area contributed by atoms with Gasteiger partial charge in [0.1, 0.15) is 0 Å². The third-order valence-electron chi connectivity index (χ3n) is 10.7. The van der Waals surface area contributed by atoms with Crippen molar-refractivity contribution in [2.45, 2.75) is 0 Å². The number of nitrogens with zero attached hydrogens (tertiary/aromatic N) is 3. The number of morpholine rings is 1. The summed E-state index contributed by atoms with van der Waals surface area (Å²) < 4.78 is 5.85. The van der Waals surface area contributed by atoms with E-state index < -0.39 is 0 Å². The molecule has 3 aliphatic rings. The van der Waals surface area contributed by atoms with Crippen LogP contribution in [0.5, 0.6) is 0 Å². The predicted octanol–water partition coefficient (Wildman–Crippen LogP) is 13.8. The highest BCUT2D eigenvalue weighted by Gasteiger charge is 2.23. The van der Waals surface area contributed by atoms with E-state index in [4.69, 9.17) is 61.1 Å². The SMILES string of the molecule is Clc1ccc(-c2c3nc(c(-c4ccc(Cl)cc4)c4cc(N5CCOCC5)c([nH]4)c(-c4ccc(Cl)cc4)c4nc(c(-c5ccc(Cl)cc5)c5ccc2[nH]5)C=C4)C=C3)cc1. The minimum absolute atomic E-state index is 0.622. The standard InChI is InChI=1S/C48H33Cl4N5O/c49-32-9-1-28(2-10-32)44-36-17-18-37(53-36)45(29-3-11-33(50)12-4-29)39-21-22-41(55-39)47(31-7-15-35(52)16-8-31)48-43(57-23-25-58-26-24-57)27-42(56-48)46(40-20-19-38(44)54-40)30-5-13-34(51)14-6-30/h1-22,27,53,56H,23-26H2. The molecule has 58 heavy (non-hydrogen) atoms. The second kappa shape index (κ2) is 15.3. The lowest BCUT2D eigenvalue weighted by Crippen LogP contribution is -2.36. The number of anilines is 1. The number of rotatable bonds is 5. The van der Waals surface area contributed by atoms with Gasteiger partial charge in [-0.25, -0.2) is 9.97 Å². The van der Waals surface area contributed by atoms with Gasteiger partial charge in [0.25, 0.3) is 0 Å². The van der Waals surface area contributed by atoms with E-state index in [1.807, 2.05) is 84.9 Å². The lowest BCUT2D eigenvalue weighted by molar-refractivity contribution is 0.123. The van der Waals surface area contributed by atoms with E-state index in [9.17, 15) is 0 Å². The van der Waals surface area contributed by atoms with Gasteiger partial charge in [0.15, 0.2) is 0 Å². The zero-order chi connectivity index (χ0) is 39.3. The quantitative estimate of drug-likeness (QED) is 0.181. The Hall–Kier alpha value is -5.60. The Labute approximate surface area is 355 Å². The number of benzene rings is 4. The largest absolute Gasteiger partial charge is 0.378 e. The molecule has 1 fully saturated rings. The normalized spacial score (nSPS) is 13.7. The Bertz CT molecular complexity index is 2940. The number of nitrogens with one attached hydrogen (secondary N) is 2. The van der Waals surface area contributed by atoms with Gasteiger partial charge in [-0.05, 0) is 113 Å². The smallest absolute Gasteiger partial charge is 0.0738 e. The van der Waals surface area contributed by atoms with E-state index >= 15 is 0 Å². The van der Waals surface area contributed by atoms with Gasteiger partial charge in [0.05, 0.1) is 52.7 Å². The second-order valence-electron chi connectivity index (χ2n) is 14.3. The summed E-state index contributed by atoms with van der Waals surface area (Å²) in [6.45, 7) is 2.71. The highest BCUT2D eigenvalue weighted by atomic mass is 35.5. The molecule has 3 aliphatic heterocycles. The van der Waals surface area contributed by atoms with Crippen molar-refractivity contribution in [1.82, 2.24) is 19.9 Å². The summed E-state index contributed by atoms with van der Waals surface area (Å²) in [5, 5.41) is 2.62. The first-order chi connectivity index (χ1) is 28.4. The van der Waals surface area contributed by atoms with Crippen LogP contribution in [0.15, 0.2) is 115 Å². The Kier molecular flexibility index (Phi) is 9.68. The summed E-state index contributed by atoms with van der Waals surface area (Å²) in [4.78, 5) is 21.0. The fourth-order valence-corrected chi connectivity index (χ4v) is 8.51. The number of H-pyrrole nitrogens is 2. The molecule has 10 heteroatoms. The minimum atomic E-state index is 0.622. The molecule has 7 aromatic rings. The van der Waals surface area contributed by atoms with Crippen LogP contribution in [-0.4, -0.2) is 46.2 Å². The highest BCUT2D eigenvalue weighted by Crippen LogP contribution is 2.42. The molecule has 6 nitrogen and oxygen atoms in total. The molecule has 0 radical (unpaired) electrons. The van der Waals surface area contributed by atoms with Gasteiger partial charge in [0.2, 0.25) is 0 Å². The van der Waals surface area contributed by atoms with E-state index in [2.05, 4.69) is 69.5 Å². The molecule has 6 heterocycles. The van der Waals surface area contributed by atoms with E-state index in [0.717, 1.165) is 108 Å². The molecule has 8 bridgehead atoms. The van der Waals surface area contributed by atoms with Gasteiger partial charge in [0, 0.05) is 66.5 Å². The third-order valence-corrected chi connectivity index (χ3v) is 11.7. The summed E-state index contributed by atoms with van der Waals surface area (Å²) in [6.07, 6.45) is 8.36. The summed E-state index contributed by atoms with van der Waals surface area (Å²) in [6, 6.07) is 38.1. The monoisotopic (exact) mass is 835 g/mol. The highest BCUT2D eigenvalue weighted by molar-refractivity contribution is 6.31. The van der Waals surface area contributed by atoms with Gasteiger partial charge in [-0.2, -0.15) is 0 Å². The molecule has 0 aliphatic carbocycles.